The molecule has 4 N–H and O–H groups in total. The zero-order valence-corrected chi connectivity index (χ0v) is 16.7. The number of rotatable bonds is 7. The number of nitrogens with zero attached hydrogens (tertiary/aromatic N) is 1. The normalized spacial score (nSPS) is 12.2. The summed E-state index contributed by atoms with van der Waals surface area (Å²) < 4.78 is 53.7. The monoisotopic (exact) mass is 449 g/mol. The Morgan fingerprint density at radius 3 is 2.23 bits per heavy atom. The third kappa shape index (κ3) is 4.80. The molecule has 0 heterocycles. The minimum absolute atomic E-state index is 0.0321. The van der Waals surface area contributed by atoms with Gasteiger partial charge in [0.1, 0.15) is 10.6 Å². The first-order chi connectivity index (χ1) is 14.2. The van der Waals surface area contributed by atoms with Crippen LogP contribution in [0.25, 0.3) is 0 Å². The van der Waals surface area contributed by atoms with Crippen LogP contribution in [-0.2, 0) is 21.2 Å². The van der Waals surface area contributed by atoms with Gasteiger partial charge >= 0.3 is 0 Å². The van der Waals surface area contributed by atoms with Crippen LogP contribution in [-0.4, -0.2) is 26.7 Å². The molecule has 3 aromatic rings. The molecular formula is C18H15N3O7S2. The fourth-order valence-electron chi connectivity index (χ4n) is 2.67. The molecule has 0 fully saturated rings. The molecule has 10 nitrogen and oxygen atoms in total. The van der Waals surface area contributed by atoms with Gasteiger partial charge in [0.15, 0.2) is 11.1 Å². The molecule has 12 heteroatoms. The van der Waals surface area contributed by atoms with Crippen molar-refractivity contribution in [1.82, 2.24) is 0 Å². The number of nitrogens with one attached hydrogen (secondary N) is 2. The topological polar surface area (TPSA) is 159 Å². The van der Waals surface area contributed by atoms with Gasteiger partial charge in [0, 0.05) is 11.8 Å². The van der Waals surface area contributed by atoms with E-state index < -0.39 is 36.7 Å². The molecule has 0 saturated heterocycles. The van der Waals surface area contributed by atoms with E-state index in [1.807, 2.05) is 0 Å². The average Bonchev–Trinajstić information content (AvgIpc) is 2.69. The van der Waals surface area contributed by atoms with Crippen molar-refractivity contribution in [1.29, 1.82) is 0 Å². The van der Waals surface area contributed by atoms with Gasteiger partial charge in [-0.3, -0.25) is 14.7 Å². The lowest BCUT2D eigenvalue weighted by Gasteiger charge is -2.17. The molecule has 0 aliphatic heterocycles. The van der Waals surface area contributed by atoms with Crippen molar-refractivity contribution < 1.29 is 26.7 Å². The Labute approximate surface area is 173 Å². The molecule has 0 spiro atoms. The molecule has 1 atom stereocenters. The molecule has 30 heavy (non-hydrogen) atoms. The maximum absolute atomic E-state index is 11.9. The van der Waals surface area contributed by atoms with Crippen LogP contribution in [0.4, 0.5) is 28.4 Å². The first kappa shape index (κ1) is 21.4. The van der Waals surface area contributed by atoms with Crippen LogP contribution < -0.4 is 10.6 Å². The zero-order chi connectivity index (χ0) is 21.9. The molecule has 0 aromatic heterocycles. The molecule has 0 aliphatic carbocycles. The van der Waals surface area contributed by atoms with E-state index in [-0.39, 0.29) is 22.0 Å². The van der Waals surface area contributed by atoms with Gasteiger partial charge in [0.25, 0.3) is 15.8 Å². The molecule has 0 amide bonds. The number of para-hydroxylation sites is 2. The summed E-state index contributed by atoms with van der Waals surface area (Å²) >= 11 is -2.41. The van der Waals surface area contributed by atoms with Gasteiger partial charge in [-0.1, -0.05) is 24.3 Å². The van der Waals surface area contributed by atoms with E-state index in [9.17, 15) is 27.3 Å². The van der Waals surface area contributed by atoms with E-state index in [4.69, 9.17) is 4.55 Å². The van der Waals surface area contributed by atoms with Crippen molar-refractivity contribution in [2.75, 3.05) is 10.6 Å². The molecule has 3 aromatic carbocycles. The maximum Gasteiger partial charge on any atom is 0.296 e. The van der Waals surface area contributed by atoms with Crippen LogP contribution in [0.15, 0.2) is 76.5 Å². The summed E-state index contributed by atoms with van der Waals surface area (Å²) in [6.07, 6.45) is 0. The smallest absolute Gasteiger partial charge is 0.296 e. The Morgan fingerprint density at radius 2 is 1.63 bits per heavy atom. The number of benzene rings is 3. The lowest BCUT2D eigenvalue weighted by Crippen LogP contribution is -2.07. The fourth-order valence-corrected chi connectivity index (χ4v) is 3.73. The Bertz CT molecular complexity index is 1230. The summed E-state index contributed by atoms with van der Waals surface area (Å²) in [7, 11) is -4.62. The number of hydrogen-bond donors (Lipinski definition) is 4. The summed E-state index contributed by atoms with van der Waals surface area (Å²) in [5.41, 5.74) is 0.0676. The summed E-state index contributed by atoms with van der Waals surface area (Å²) in [6.45, 7) is 0. The molecule has 0 aliphatic rings. The van der Waals surface area contributed by atoms with Crippen molar-refractivity contribution in [2.24, 2.45) is 0 Å². The first-order valence-electron chi connectivity index (χ1n) is 8.25. The highest BCUT2D eigenvalue weighted by Crippen LogP contribution is 2.37. The predicted octanol–water partition coefficient (Wildman–Crippen LogP) is 3.91. The minimum Gasteiger partial charge on any atom is -0.353 e. The van der Waals surface area contributed by atoms with Crippen LogP contribution in [0.2, 0.25) is 0 Å². The van der Waals surface area contributed by atoms with E-state index in [0.29, 0.717) is 5.69 Å². The number of nitro benzene ring substituents is 1. The zero-order valence-electron chi connectivity index (χ0n) is 15.1. The van der Waals surface area contributed by atoms with Crippen LogP contribution >= 0.6 is 0 Å². The summed E-state index contributed by atoms with van der Waals surface area (Å²) in [6, 6.07) is 15.9. The van der Waals surface area contributed by atoms with Gasteiger partial charge in [-0.2, -0.15) is 8.42 Å². The van der Waals surface area contributed by atoms with E-state index in [1.54, 1.807) is 30.3 Å². The number of anilines is 4. The number of nitro groups is 1. The predicted molar refractivity (Wildman–Crippen MR) is 111 cm³/mol. The van der Waals surface area contributed by atoms with Crippen LogP contribution in [0.5, 0.6) is 0 Å². The third-order valence-corrected chi connectivity index (χ3v) is 5.54. The van der Waals surface area contributed by atoms with Crippen molar-refractivity contribution in [3.63, 3.8) is 0 Å². The van der Waals surface area contributed by atoms with Gasteiger partial charge in [-0.25, -0.2) is 4.21 Å². The van der Waals surface area contributed by atoms with Gasteiger partial charge in [-0.05, 0) is 36.4 Å². The van der Waals surface area contributed by atoms with E-state index in [0.717, 1.165) is 6.07 Å². The highest BCUT2D eigenvalue weighted by atomic mass is 32.2. The van der Waals surface area contributed by atoms with Gasteiger partial charge in [-0.15, -0.1) is 0 Å². The second-order valence-corrected chi connectivity index (χ2v) is 8.31. The lowest BCUT2D eigenvalue weighted by atomic mass is 10.2. The Hall–Kier alpha value is -3.32. The molecular weight excluding hydrogens is 434 g/mol. The van der Waals surface area contributed by atoms with E-state index in [2.05, 4.69) is 10.6 Å². The summed E-state index contributed by atoms with van der Waals surface area (Å²) in [5.74, 6) is 0. The molecule has 156 valence electrons. The van der Waals surface area contributed by atoms with Crippen LogP contribution in [0.1, 0.15) is 0 Å². The highest BCUT2D eigenvalue weighted by Gasteiger charge is 2.22. The van der Waals surface area contributed by atoms with Crippen molar-refractivity contribution in [3.05, 3.63) is 76.8 Å². The maximum atomic E-state index is 11.9. The van der Waals surface area contributed by atoms with E-state index >= 15 is 0 Å². The van der Waals surface area contributed by atoms with Gasteiger partial charge in [0.2, 0.25) is 0 Å². The van der Waals surface area contributed by atoms with Gasteiger partial charge < -0.3 is 15.2 Å². The number of hydrogen-bond acceptors (Lipinski definition) is 7. The van der Waals surface area contributed by atoms with Crippen molar-refractivity contribution in [3.8, 4) is 0 Å². The molecule has 0 bridgehead atoms. The third-order valence-electron chi connectivity index (χ3n) is 3.98. The molecule has 1 unspecified atom stereocenters. The average molecular weight is 449 g/mol. The highest BCUT2D eigenvalue weighted by molar-refractivity contribution is 7.86. The van der Waals surface area contributed by atoms with E-state index in [1.165, 1.54) is 30.3 Å². The Morgan fingerprint density at radius 1 is 0.933 bits per heavy atom. The second kappa shape index (κ2) is 8.59. The van der Waals surface area contributed by atoms with Crippen molar-refractivity contribution in [2.45, 2.75) is 9.79 Å². The van der Waals surface area contributed by atoms with Gasteiger partial charge in [0.05, 0.1) is 21.2 Å². The largest absolute Gasteiger partial charge is 0.353 e. The second-order valence-electron chi connectivity index (χ2n) is 5.96. The SMILES string of the molecule is O=[N+]([O-])c1cc(S(=O)O)ccc1Nc1cccc(S(=O)(=O)O)c1Nc1ccccc1. The van der Waals surface area contributed by atoms with Crippen LogP contribution in [0, 0.1) is 10.1 Å². The minimum atomic E-state index is -4.62. The summed E-state index contributed by atoms with van der Waals surface area (Å²) in [4.78, 5) is 10.1. The lowest BCUT2D eigenvalue weighted by molar-refractivity contribution is -0.384. The molecule has 0 saturated carbocycles. The molecule has 0 radical (unpaired) electrons. The Kier molecular flexibility index (Phi) is 6.12. The first-order valence-corrected chi connectivity index (χ1v) is 10.8. The molecule has 3 rings (SSSR count). The fraction of sp³-hybridized carbons (Fsp3) is 0. The summed E-state index contributed by atoms with van der Waals surface area (Å²) in [5, 5.41) is 17.1. The van der Waals surface area contributed by atoms with Crippen LogP contribution in [0.3, 0.4) is 0 Å². The quantitative estimate of drug-likeness (QED) is 0.181. The van der Waals surface area contributed by atoms with Crippen molar-refractivity contribution >= 4 is 49.6 Å². The Balaban J connectivity index is 2.13. The standard InChI is InChI=1S/C18H15N3O7S2/c22-21(23)16-11-13(29(24)25)9-10-14(16)20-15-7-4-8-17(30(26,27)28)18(15)19-12-5-2-1-3-6-12/h1-11,19-20H,(H,24,25)(H,26,27,28).